The van der Waals surface area contributed by atoms with Gasteiger partial charge in [0.2, 0.25) is 5.91 Å². The Balaban J connectivity index is 0.00000361. The van der Waals surface area contributed by atoms with E-state index in [9.17, 15) is 4.79 Å². The minimum atomic E-state index is -0.0115. The van der Waals surface area contributed by atoms with Gasteiger partial charge in [0, 0.05) is 46.1 Å². The number of halogens is 1. The molecule has 1 rings (SSSR count). The van der Waals surface area contributed by atoms with Crippen LogP contribution < -0.4 is 10.6 Å². The topological polar surface area (TPSA) is 61.7 Å². The summed E-state index contributed by atoms with van der Waals surface area (Å²) in [4.78, 5) is 17.3. The van der Waals surface area contributed by atoms with Gasteiger partial charge in [-0.3, -0.25) is 4.79 Å². The van der Waals surface area contributed by atoms with Gasteiger partial charge in [0.25, 0.3) is 0 Å². The van der Waals surface area contributed by atoms with Gasteiger partial charge in [-0.25, -0.2) is 4.99 Å². The maximum Gasteiger partial charge on any atom is 0.243 e. The van der Waals surface area contributed by atoms with Gasteiger partial charge in [-0.2, -0.15) is 0 Å². The van der Waals surface area contributed by atoms with Crippen molar-refractivity contribution in [1.82, 2.24) is 20.1 Å². The number of carbonyl (C=O) groups excluding carboxylic acids is 1. The molecule has 0 fully saturated rings. The van der Waals surface area contributed by atoms with Crippen LogP contribution in [0.3, 0.4) is 0 Å². The molecule has 0 radical (unpaired) electrons. The van der Waals surface area contributed by atoms with Gasteiger partial charge in [-0.05, 0) is 19.1 Å². The van der Waals surface area contributed by atoms with Crippen LogP contribution in [0.2, 0.25) is 0 Å². The molecule has 0 spiro atoms. The van der Waals surface area contributed by atoms with E-state index in [-0.39, 0.29) is 36.4 Å². The molecule has 0 atom stereocenters. The van der Waals surface area contributed by atoms with E-state index >= 15 is 0 Å². The quantitative estimate of drug-likeness (QED) is 0.426. The highest BCUT2D eigenvalue weighted by Crippen LogP contribution is 1.88. The number of carbonyl (C=O) groups is 1. The second kappa shape index (κ2) is 10.5. The SMILES string of the molecule is CCNC(=NCC(=O)N(C)C)NCCn1cccc1.I. The molecule has 114 valence electrons. The second-order valence-corrected chi connectivity index (χ2v) is 4.33. The highest BCUT2D eigenvalue weighted by atomic mass is 127. The first-order valence-electron chi connectivity index (χ1n) is 6.46. The molecular formula is C13H24IN5O. The van der Waals surface area contributed by atoms with Gasteiger partial charge in [0.1, 0.15) is 6.54 Å². The molecular weight excluding hydrogens is 369 g/mol. The summed E-state index contributed by atoms with van der Waals surface area (Å²) in [6, 6.07) is 3.99. The van der Waals surface area contributed by atoms with Crippen molar-refractivity contribution in [3.05, 3.63) is 24.5 Å². The smallest absolute Gasteiger partial charge is 0.243 e. The zero-order valence-corrected chi connectivity index (χ0v) is 14.6. The fraction of sp³-hybridized carbons (Fsp3) is 0.538. The van der Waals surface area contributed by atoms with Crippen LogP contribution in [0.15, 0.2) is 29.5 Å². The maximum absolute atomic E-state index is 11.5. The monoisotopic (exact) mass is 393 g/mol. The highest BCUT2D eigenvalue weighted by Gasteiger charge is 2.03. The van der Waals surface area contributed by atoms with Crippen molar-refractivity contribution in [3.63, 3.8) is 0 Å². The lowest BCUT2D eigenvalue weighted by Crippen LogP contribution is -2.39. The van der Waals surface area contributed by atoms with Crippen molar-refractivity contribution in [1.29, 1.82) is 0 Å². The van der Waals surface area contributed by atoms with Gasteiger partial charge in [-0.15, -0.1) is 24.0 Å². The van der Waals surface area contributed by atoms with Gasteiger partial charge >= 0.3 is 0 Å². The Labute approximate surface area is 137 Å². The van der Waals surface area contributed by atoms with Crippen molar-refractivity contribution in [2.45, 2.75) is 13.5 Å². The van der Waals surface area contributed by atoms with Crippen LogP contribution in [0.1, 0.15) is 6.92 Å². The normalized spacial score (nSPS) is 10.7. The molecule has 0 bridgehead atoms. The van der Waals surface area contributed by atoms with E-state index in [2.05, 4.69) is 20.2 Å². The third kappa shape index (κ3) is 7.37. The lowest BCUT2D eigenvalue weighted by atomic mass is 10.5. The Bertz CT molecular complexity index is 403. The van der Waals surface area contributed by atoms with Crippen LogP contribution in [0, 0.1) is 0 Å². The summed E-state index contributed by atoms with van der Waals surface area (Å²) in [5.74, 6) is 0.660. The van der Waals surface area contributed by atoms with E-state index < -0.39 is 0 Å². The fourth-order valence-electron chi connectivity index (χ4n) is 1.45. The number of hydrogen-bond acceptors (Lipinski definition) is 2. The van der Waals surface area contributed by atoms with Gasteiger partial charge < -0.3 is 20.1 Å². The molecule has 0 aromatic carbocycles. The molecule has 1 aromatic heterocycles. The minimum Gasteiger partial charge on any atom is -0.357 e. The molecule has 0 unspecified atom stereocenters. The predicted octanol–water partition coefficient (Wildman–Crippen LogP) is 0.749. The lowest BCUT2D eigenvalue weighted by molar-refractivity contribution is -0.127. The number of likely N-dealkylation sites (N-methyl/N-ethyl adjacent to an activating group) is 1. The molecule has 0 aliphatic carbocycles. The molecule has 7 heteroatoms. The van der Waals surface area contributed by atoms with E-state index in [1.54, 1.807) is 14.1 Å². The largest absolute Gasteiger partial charge is 0.357 e. The average Bonchev–Trinajstić information content (AvgIpc) is 2.88. The molecule has 20 heavy (non-hydrogen) atoms. The Morgan fingerprint density at radius 1 is 1.25 bits per heavy atom. The van der Waals surface area contributed by atoms with E-state index in [0.717, 1.165) is 19.6 Å². The van der Waals surface area contributed by atoms with Crippen molar-refractivity contribution in [3.8, 4) is 0 Å². The molecule has 0 aliphatic rings. The maximum atomic E-state index is 11.5. The number of nitrogens with zero attached hydrogens (tertiary/aromatic N) is 3. The molecule has 2 N–H and O–H groups in total. The molecule has 1 heterocycles. The number of hydrogen-bond donors (Lipinski definition) is 2. The summed E-state index contributed by atoms with van der Waals surface area (Å²) < 4.78 is 2.08. The Morgan fingerprint density at radius 3 is 2.45 bits per heavy atom. The van der Waals surface area contributed by atoms with E-state index in [1.165, 1.54) is 4.90 Å². The second-order valence-electron chi connectivity index (χ2n) is 4.33. The van der Waals surface area contributed by atoms with E-state index in [4.69, 9.17) is 0 Å². The number of rotatable bonds is 6. The van der Waals surface area contributed by atoms with Crippen LogP contribution >= 0.6 is 24.0 Å². The number of aliphatic imine (C=N–C) groups is 1. The highest BCUT2D eigenvalue weighted by molar-refractivity contribution is 14.0. The minimum absolute atomic E-state index is 0. The third-order valence-electron chi connectivity index (χ3n) is 2.54. The van der Waals surface area contributed by atoms with Crippen molar-refractivity contribution in [2.75, 3.05) is 33.7 Å². The van der Waals surface area contributed by atoms with Gasteiger partial charge in [0.05, 0.1) is 0 Å². The van der Waals surface area contributed by atoms with E-state index in [1.807, 2.05) is 31.5 Å². The first-order chi connectivity index (χ1) is 9.13. The number of nitrogens with one attached hydrogen (secondary N) is 2. The van der Waals surface area contributed by atoms with Crippen LogP contribution in [-0.4, -0.2) is 55.1 Å². The fourth-order valence-corrected chi connectivity index (χ4v) is 1.45. The van der Waals surface area contributed by atoms with Crippen LogP contribution in [-0.2, 0) is 11.3 Å². The molecule has 1 amide bonds. The Hall–Kier alpha value is -1.25. The Morgan fingerprint density at radius 2 is 1.90 bits per heavy atom. The summed E-state index contributed by atoms with van der Waals surface area (Å²) >= 11 is 0. The van der Waals surface area contributed by atoms with Crippen molar-refractivity contribution in [2.24, 2.45) is 4.99 Å². The summed E-state index contributed by atoms with van der Waals surface area (Å²) in [5.41, 5.74) is 0. The van der Waals surface area contributed by atoms with Gasteiger partial charge in [-0.1, -0.05) is 0 Å². The zero-order valence-electron chi connectivity index (χ0n) is 12.3. The number of aromatic nitrogens is 1. The molecule has 0 aliphatic heterocycles. The average molecular weight is 393 g/mol. The molecule has 0 saturated heterocycles. The number of amides is 1. The third-order valence-corrected chi connectivity index (χ3v) is 2.54. The van der Waals surface area contributed by atoms with Crippen LogP contribution in [0.5, 0.6) is 0 Å². The zero-order chi connectivity index (χ0) is 14.1. The summed E-state index contributed by atoms with van der Waals surface area (Å²) in [6.07, 6.45) is 4.03. The van der Waals surface area contributed by atoms with Crippen LogP contribution in [0.25, 0.3) is 0 Å². The Kier molecular flexibility index (Phi) is 9.87. The predicted molar refractivity (Wildman–Crippen MR) is 92.5 cm³/mol. The number of guanidine groups is 1. The molecule has 0 saturated carbocycles. The lowest BCUT2D eigenvalue weighted by Gasteiger charge is -2.13. The van der Waals surface area contributed by atoms with Crippen molar-refractivity contribution < 1.29 is 4.79 Å². The van der Waals surface area contributed by atoms with E-state index in [0.29, 0.717) is 5.96 Å². The summed E-state index contributed by atoms with van der Waals surface area (Å²) in [5, 5.41) is 6.32. The standard InChI is InChI=1S/C13H23N5O.HI/c1-4-14-13(16-11-12(19)17(2)3)15-7-10-18-8-5-6-9-18;/h5-6,8-9H,4,7,10-11H2,1-3H3,(H2,14,15,16);1H. The first kappa shape index (κ1) is 18.8. The van der Waals surface area contributed by atoms with Crippen LogP contribution in [0.4, 0.5) is 0 Å². The summed E-state index contributed by atoms with van der Waals surface area (Å²) in [7, 11) is 3.45. The molecule has 1 aromatic rings. The van der Waals surface area contributed by atoms with Crippen molar-refractivity contribution >= 4 is 35.8 Å². The molecule has 6 nitrogen and oxygen atoms in total. The van der Waals surface area contributed by atoms with Gasteiger partial charge in [0.15, 0.2) is 5.96 Å². The summed E-state index contributed by atoms with van der Waals surface area (Å²) in [6.45, 7) is 4.55. The first-order valence-corrected chi connectivity index (χ1v) is 6.46.